The van der Waals surface area contributed by atoms with E-state index in [4.69, 9.17) is 4.74 Å². The number of rotatable bonds is 6. The van der Waals surface area contributed by atoms with Crippen molar-refractivity contribution in [3.63, 3.8) is 0 Å². The van der Waals surface area contributed by atoms with Crippen LogP contribution in [0.25, 0.3) is 0 Å². The second-order valence-corrected chi connectivity index (χ2v) is 6.35. The average molecular weight is 292 g/mol. The van der Waals surface area contributed by atoms with Gasteiger partial charge in [0, 0.05) is 31.2 Å². The number of nitrogens with one attached hydrogen (secondary N) is 1. The van der Waals surface area contributed by atoms with E-state index in [1.165, 1.54) is 5.56 Å². The van der Waals surface area contributed by atoms with Gasteiger partial charge >= 0.3 is 0 Å². The number of ether oxygens (including phenoxy) is 1. The van der Waals surface area contributed by atoms with E-state index >= 15 is 0 Å². The summed E-state index contributed by atoms with van der Waals surface area (Å²) in [6.07, 6.45) is 1.03. The van der Waals surface area contributed by atoms with Crippen LogP contribution in [0.2, 0.25) is 0 Å². The summed E-state index contributed by atoms with van der Waals surface area (Å²) in [5.74, 6) is 0.322. The van der Waals surface area contributed by atoms with E-state index in [0.717, 1.165) is 39.3 Å². The van der Waals surface area contributed by atoms with Crippen LogP contribution >= 0.6 is 0 Å². The maximum Gasteiger partial charge on any atom is 0.115 e. The standard InChI is InChI=1S/C17H28N2O2/c1-4-16(14-5-7-15(20)8-6-14)18-13-17(2,3)19-9-11-21-12-10-19/h5-8,16,18,20H,4,9-13H2,1-3H3. The molecule has 1 aliphatic rings. The van der Waals surface area contributed by atoms with Gasteiger partial charge in [0.15, 0.2) is 0 Å². The molecule has 1 aliphatic heterocycles. The van der Waals surface area contributed by atoms with Crippen LogP contribution in [0, 0.1) is 0 Å². The molecule has 2 N–H and O–H groups in total. The van der Waals surface area contributed by atoms with E-state index in [-0.39, 0.29) is 5.54 Å². The van der Waals surface area contributed by atoms with Crippen molar-refractivity contribution in [2.45, 2.75) is 38.8 Å². The fraction of sp³-hybridized carbons (Fsp3) is 0.647. The molecule has 1 fully saturated rings. The summed E-state index contributed by atoms with van der Waals surface area (Å²) in [5.41, 5.74) is 1.35. The molecule has 1 aromatic carbocycles. The fourth-order valence-electron chi connectivity index (χ4n) is 2.86. The number of benzene rings is 1. The first-order chi connectivity index (χ1) is 10.0. The van der Waals surface area contributed by atoms with Crippen LogP contribution in [0.5, 0.6) is 5.75 Å². The summed E-state index contributed by atoms with van der Waals surface area (Å²) < 4.78 is 5.44. The number of nitrogens with zero attached hydrogens (tertiary/aromatic N) is 1. The molecule has 4 heteroatoms. The van der Waals surface area contributed by atoms with Gasteiger partial charge in [-0.3, -0.25) is 4.90 Å². The molecule has 0 amide bonds. The minimum atomic E-state index is 0.119. The van der Waals surface area contributed by atoms with Crippen molar-refractivity contribution in [1.29, 1.82) is 0 Å². The highest BCUT2D eigenvalue weighted by molar-refractivity contribution is 5.28. The van der Waals surface area contributed by atoms with Gasteiger partial charge in [0.05, 0.1) is 13.2 Å². The third-order valence-corrected chi connectivity index (χ3v) is 4.35. The lowest BCUT2D eigenvalue weighted by atomic mass is 9.99. The number of phenols is 1. The summed E-state index contributed by atoms with van der Waals surface area (Å²) in [5, 5.41) is 13.1. The molecule has 118 valence electrons. The number of hydrogen-bond donors (Lipinski definition) is 2. The van der Waals surface area contributed by atoms with Crippen molar-refractivity contribution in [2.24, 2.45) is 0 Å². The Morgan fingerprint density at radius 3 is 2.43 bits per heavy atom. The minimum Gasteiger partial charge on any atom is -0.508 e. The highest BCUT2D eigenvalue weighted by Gasteiger charge is 2.28. The Labute approximate surface area is 128 Å². The molecule has 0 saturated carbocycles. The second-order valence-electron chi connectivity index (χ2n) is 6.35. The van der Waals surface area contributed by atoms with Gasteiger partial charge in [-0.05, 0) is 38.0 Å². The molecule has 0 spiro atoms. The van der Waals surface area contributed by atoms with Crippen molar-refractivity contribution < 1.29 is 9.84 Å². The highest BCUT2D eigenvalue weighted by atomic mass is 16.5. The molecular weight excluding hydrogens is 264 g/mol. The highest BCUT2D eigenvalue weighted by Crippen LogP contribution is 2.22. The molecule has 0 aromatic heterocycles. The van der Waals surface area contributed by atoms with Crippen LogP contribution in [-0.2, 0) is 4.74 Å². The predicted octanol–water partition coefficient (Wildman–Crippen LogP) is 2.54. The van der Waals surface area contributed by atoms with Crippen LogP contribution in [0.1, 0.15) is 38.8 Å². The van der Waals surface area contributed by atoms with Crippen molar-refractivity contribution >= 4 is 0 Å². The average Bonchev–Trinajstić information content (AvgIpc) is 2.50. The van der Waals surface area contributed by atoms with Crippen molar-refractivity contribution in [3.05, 3.63) is 29.8 Å². The zero-order valence-electron chi connectivity index (χ0n) is 13.4. The normalized spacial score (nSPS) is 18.6. The number of morpholine rings is 1. The monoisotopic (exact) mass is 292 g/mol. The van der Waals surface area contributed by atoms with Gasteiger partial charge in [-0.15, -0.1) is 0 Å². The van der Waals surface area contributed by atoms with Crippen LogP contribution in [0.3, 0.4) is 0 Å². The van der Waals surface area contributed by atoms with Gasteiger partial charge in [0.2, 0.25) is 0 Å². The summed E-state index contributed by atoms with van der Waals surface area (Å²) in [6.45, 7) is 11.4. The molecule has 1 heterocycles. The molecule has 1 saturated heterocycles. The Morgan fingerprint density at radius 1 is 1.24 bits per heavy atom. The van der Waals surface area contributed by atoms with E-state index in [9.17, 15) is 5.11 Å². The molecular formula is C17H28N2O2. The van der Waals surface area contributed by atoms with Crippen LogP contribution in [0.15, 0.2) is 24.3 Å². The zero-order chi connectivity index (χ0) is 15.3. The van der Waals surface area contributed by atoms with Crippen molar-refractivity contribution in [2.75, 3.05) is 32.8 Å². The maximum atomic E-state index is 9.40. The molecule has 1 aromatic rings. The van der Waals surface area contributed by atoms with E-state index in [1.807, 2.05) is 12.1 Å². The van der Waals surface area contributed by atoms with E-state index in [0.29, 0.717) is 11.8 Å². The van der Waals surface area contributed by atoms with Gasteiger partial charge in [0.1, 0.15) is 5.75 Å². The molecule has 0 bridgehead atoms. The Balaban J connectivity index is 1.93. The van der Waals surface area contributed by atoms with Gasteiger partial charge in [-0.25, -0.2) is 0 Å². The van der Waals surface area contributed by atoms with Gasteiger partial charge in [-0.1, -0.05) is 19.1 Å². The molecule has 0 aliphatic carbocycles. The first-order valence-electron chi connectivity index (χ1n) is 7.88. The second kappa shape index (κ2) is 7.25. The smallest absolute Gasteiger partial charge is 0.115 e. The Hall–Kier alpha value is -1.10. The van der Waals surface area contributed by atoms with Crippen LogP contribution < -0.4 is 5.32 Å². The first kappa shape index (κ1) is 16.3. The van der Waals surface area contributed by atoms with E-state index in [2.05, 4.69) is 31.0 Å². The topological polar surface area (TPSA) is 44.7 Å². The summed E-state index contributed by atoms with van der Waals surface area (Å²) >= 11 is 0. The fourth-order valence-corrected chi connectivity index (χ4v) is 2.86. The summed E-state index contributed by atoms with van der Waals surface area (Å²) in [7, 11) is 0. The molecule has 2 rings (SSSR count). The Morgan fingerprint density at radius 2 is 1.86 bits per heavy atom. The molecule has 1 atom stereocenters. The lowest BCUT2D eigenvalue weighted by Crippen LogP contribution is -2.55. The van der Waals surface area contributed by atoms with Gasteiger partial charge < -0.3 is 15.2 Å². The third-order valence-electron chi connectivity index (χ3n) is 4.35. The molecule has 1 unspecified atom stereocenters. The SMILES string of the molecule is CCC(NCC(C)(C)N1CCOCC1)c1ccc(O)cc1. The van der Waals surface area contributed by atoms with Crippen molar-refractivity contribution in [1.82, 2.24) is 10.2 Å². The third kappa shape index (κ3) is 4.43. The van der Waals surface area contributed by atoms with Gasteiger partial charge in [0.25, 0.3) is 0 Å². The van der Waals surface area contributed by atoms with Gasteiger partial charge in [-0.2, -0.15) is 0 Å². The van der Waals surface area contributed by atoms with E-state index in [1.54, 1.807) is 12.1 Å². The molecule has 0 radical (unpaired) electrons. The van der Waals surface area contributed by atoms with Crippen LogP contribution in [-0.4, -0.2) is 48.4 Å². The predicted molar refractivity (Wildman–Crippen MR) is 85.6 cm³/mol. The van der Waals surface area contributed by atoms with E-state index < -0.39 is 0 Å². The summed E-state index contributed by atoms with van der Waals surface area (Å²) in [4.78, 5) is 2.49. The quantitative estimate of drug-likeness (QED) is 0.846. The minimum absolute atomic E-state index is 0.119. The zero-order valence-corrected chi connectivity index (χ0v) is 13.4. The maximum absolute atomic E-state index is 9.40. The lowest BCUT2D eigenvalue weighted by Gasteiger charge is -2.41. The Kier molecular flexibility index (Phi) is 5.62. The largest absolute Gasteiger partial charge is 0.508 e. The number of hydrogen-bond acceptors (Lipinski definition) is 4. The Bertz CT molecular complexity index is 425. The molecule has 4 nitrogen and oxygen atoms in total. The summed E-state index contributed by atoms with van der Waals surface area (Å²) in [6, 6.07) is 7.83. The first-order valence-corrected chi connectivity index (χ1v) is 7.88. The lowest BCUT2D eigenvalue weighted by molar-refractivity contribution is -0.0104. The van der Waals surface area contributed by atoms with Crippen LogP contribution in [0.4, 0.5) is 0 Å². The van der Waals surface area contributed by atoms with Crippen molar-refractivity contribution in [3.8, 4) is 5.75 Å². The molecule has 21 heavy (non-hydrogen) atoms. The number of phenolic OH excluding ortho intramolecular Hbond substituents is 1. The number of aromatic hydroxyl groups is 1.